The summed E-state index contributed by atoms with van der Waals surface area (Å²) in [5.74, 6) is 0.531. The molecule has 21 heavy (non-hydrogen) atoms. The molecule has 0 radical (unpaired) electrons. The minimum atomic E-state index is -0.383. The van der Waals surface area contributed by atoms with Gasteiger partial charge >= 0.3 is 0 Å². The molecule has 1 amide bonds. The molecule has 1 aromatic carbocycles. The van der Waals surface area contributed by atoms with Crippen LogP contribution in [0.4, 0.5) is 5.69 Å². The Hall–Kier alpha value is -2.34. The maximum Gasteiger partial charge on any atom is 0.276 e. The zero-order valence-electron chi connectivity index (χ0n) is 11.6. The second-order valence-corrected chi connectivity index (χ2v) is 4.40. The van der Waals surface area contributed by atoms with Gasteiger partial charge < -0.3 is 14.8 Å². The molecular formula is C14H14ClN3O3. The fourth-order valence-electron chi connectivity index (χ4n) is 1.61. The molecule has 0 fully saturated rings. The van der Waals surface area contributed by atoms with Gasteiger partial charge in [-0.1, -0.05) is 11.6 Å². The van der Waals surface area contributed by atoms with Crippen molar-refractivity contribution in [2.24, 2.45) is 0 Å². The van der Waals surface area contributed by atoms with E-state index in [4.69, 9.17) is 21.1 Å². The first-order valence-electron chi connectivity index (χ1n) is 6.25. The minimum Gasteiger partial charge on any atom is -0.495 e. The largest absolute Gasteiger partial charge is 0.495 e. The van der Waals surface area contributed by atoms with E-state index < -0.39 is 0 Å². The first-order chi connectivity index (χ1) is 10.1. The predicted octanol–water partition coefficient (Wildman–Crippen LogP) is 2.79. The van der Waals surface area contributed by atoms with Gasteiger partial charge in [-0.25, -0.2) is 0 Å². The van der Waals surface area contributed by atoms with Crippen LogP contribution in [0.2, 0.25) is 5.02 Å². The molecule has 110 valence electrons. The van der Waals surface area contributed by atoms with Crippen molar-refractivity contribution < 1.29 is 14.3 Å². The SMILES string of the molecule is CCOc1ccc(C(=O)Nc2ccc(OC)c(Cl)c2)nn1. The van der Waals surface area contributed by atoms with Crippen LogP contribution in [0.3, 0.4) is 0 Å². The lowest BCUT2D eigenvalue weighted by molar-refractivity contribution is 0.102. The number of carbonyl (C=O) groups excluding carboxylic acids is 1. The van der Waals surface area contributed by atoms with Crippen LogP contribution in [0.1, 0.15) is 17.4 Å². The highest BCUT2D eigenvalue weighted by atomic mass is 35.5. The lowest BCUT2D eigenvalue weighted by atomic mass is 10.3. The number of hydrogen-bond acceptors (Lipinski definition) is 5. The quantitative estimate of drug-likeness (QED) is 0.919. The summed E-state index contributed by atoms with van der Waals surface area (Å²) in [4.78, 5) is 12.0. The summed E-state index contributed by atoms with van der Waals surface area (Å²) in [7, 11) is 1.52. The van der Waals surface area contributed by atoms with Gasteiger partial charge in [0.25, 0.3) is 5.91 Å². The Bertz CT molecular complexity index is 632. The number of carbonyl (C=O) groups is 1. The van der Waals surface area contributed by atoms with Gasteiger partial charge in [-0.15, -0.1) is 10.2 Å². The van der Waals surface area contributed by atoms with Gasteiger partial charge in [0.15, 0.2) is 5.69 Å². The van der Waals surface area contributed by atoms with Gasteiger partial charge in [0, 0.05) is 11.8 Å². The number of benzene rings is 1. The zero-order chi connectivity index (χ0) is 15.2. The van der Waals surface area contributed by atoms with E-state index in [2.05, 4.69) is 15.5 Å². The van der Waals surface area contributed by atoms with Crippen molar-refractivity contribution in [3.63, 3.8) is 0 Å². The van der Waals surface area contributed by atoms with Crippen LogP contribution in [0.15, 0.2) is 30.3 Å². The fourth-order valence-corrected chi connectivity index (χ4v) is 1.86. The topological polar surface area (TPSA) is 73.3 Å². The fraction of sp³-hybridized carbons (Fsp3) is 0.214. The van der Waals surface area contributed by atoms with Crippen LogP contribution in [0.5, 0.6) is 11.6 Å². The maximum absolute atomic E-state index is 12.0. The summed E-state index contributed by atoms with van der Waals surface area (Å²) in [5.41, 5.74) is 0.729. The number of nitrogens with one attached hydrogen (secondary N) is 1. The van der Waals surface area contributed by atoms with E-state index in [0.29, 0.717) is 28.9 Å². The van der Waals surface area contributed by atoms with Crippen LogP contribution in [0, 0.1) is 0 Å². The Morgan fingerprint density at radius 3 is 2.67 bits per heavy atom. The summed E-state index contributed by atoms with van der Waals surface area (Å²) < 4.78 is 10.2. The van der Waals surface area contributed by atoms with Crippen LogP contribution < -0.4 is 14.8 Å². The Morgan fingerprint density at radius 1 is 1.29 bits per heavy atom. The molecule has 0 saturated carbocycles. The first kappa shape index (κ1) is 15.1. The minimum absolute atomic E-state index is 0.186. The second kappa shape index (κ2) is 6.90. The monoisotopic (exact) mass is 307 g/mol. The summed E-state index contributed by atoms with van der Waals surface area (Å²) in [5, 5.41) is 10.7. The number of anilines is 1. The molecular weight excluding hydrogens is 294 g/mol. The van der Waals surface area contributed by atoms with Crippen molar-refractivity contribution in [2.45, 2.75) is 6.92 Å². The highest BCUT2D eigenvalue weighted by Gasteiger charge is 2.10. The van der Waals surface area contributed by atoms with E-state index in [-0.39, 0.29) is 11.6 Å². The Balaban J connectivity index is 2.08. The maximum atomic E-state index is 12.0. The smallest absolute Gasteiger partial charge is 0.276 e. The van der Waals surface area contributed by atoms with Gasteiger partial charge in [0.1, 0.15) is 5.75 Å². The third kappa shape index (κ3) is 3.82. The molecule has 2 rings (SSSR count). The van der Waals surface area contributed by atoms with E-state index >= 15 is 0 Å². The van der Waals surface area contributed by atoms with Crippen molar-refractivity contribution >= 4 is 23.2 Å². The molecule has 0 aliphatic carbocycles. The molecule has 0 unspecified atom stereocenters. The number of rotatable bonds is 5. The molecule has 0 aliphatic heterocycles. The molecule has 2 aromatic rings. The van der Waals surface area contributed by atoms with Crippen molar-refractivity contribution in [2.75, 3.05) is 19.0 Å². The van der Waals surface area contributed by atoms with Crippen LogP contribution >= 0.6 is 11.6 Å². The van der Waals surface area contributed by atoms with Crippen molar-refractivity contribution in [3.05, 3.63) is 41.0 Å². The number of nitrogens with zero attached hydrogens (tertiary/aromatic N) is 2. The molecule has 1 heterocycles. The summed E-state index contributed by atoms with van der Waals surface area (Å²) in [6.45, 7) is 2.33. The van der Waals surface area contributed by atoms with E-state index in [9.17, 15) is 4.79 Å². The number of methoxy groups -OCH3 is 1. The molecule has 1 aromatic heterocycles. The zero-order valence-corrected chi connectivity index (χ0v) is 12.3. The Labute approximate surface area is 127 Å². The first-order valence-corrected chi connectivity index (χ1v) is 6.63. The number of halogens is 1. The normalized spacial score (nSPS) is 10.0. The summed E-state index contributed by atoms with van der Waals surface area (Å²) >= 11 is 5.99. The van der Waals surface area contributed by atoms with Crippen LogP contribution in [-0.4, -0.2) is 29.8 Å². The summed E-state index contributed by atoms with van der Waals surface area (Å²) in [6, 6.07) is 8.08. The van der Waals surface area contributed by atoms with Gasteiger partial charge in [-0.2, -0.15) is 0 Å². The van der Waals surface area contributed by atoms with Crippen molar-refractivity contribution in [1.82, 2.24) is 10.2 Å². The van der Waals surface area contributed by atoms with Gasteiger partial charge in [-0.05, 0) is 31.2 Å². The molecule has 6 nitrogen and oxygen atoms in total. The van der Waals surface area contributed by atoms with E-state index in [1.54, 1.807) is 30.3 Å². The second-order valence-electron chi connectivity index (χ2n) is 3.99. The average Bonchev–Trinajstić information content (AvgIpc) is 2.48. The molecule has 0 atom stereocenters. The predicted molar refractivity (Wildman–Crippen MR) is 79.2 cm³/mol. The van der Waals surface area contributed by atoms with Crippen molar-refractivity contribution in [1.29, 1.82) is 0 Å². The highest BCUT2D eigenvalue weighted by Crippen LogP contribution is 2.27. The highest BCUT2D eigenvalue weighted by molar-refractivity contribution is 6.32. The van der Waals surface area contributed by atoms with E-state index in [0.717, 1.165) is 0 Å². The van der Waals surface area contributed by atoms with Crippen LogP contribution in [0.25, 0.3) is 0 Å². The number of hydrogen-bond donors (Lipinski definition) is 1. The van der Waals surface area contributed by atoms with Gasteiger partial charge in [0.2, 0.25) is 5.88 Å². The molecule has 0 spiro atoms. The number of aromatic nitrogens is 2. The van der Waals surface area contributed by atoms with Crippen LogP contribution in [-0.2, 0) is 0 Å². The third-order valence-corrected chi connectivity index (χ3v) is 2.87. The molecule has 0 aliphatic rings. The Morgan fingerprint density at radius 2 is 2.10 bits per heavy atom. The molecule has 0 saturated heterocycles. The van der Waals surface area contributed by atoms with E-state index in [1.807, 2.05) is 6.92 Å². The average molecular weight is 308 g/mol. The lowest BCUT2D eigenvalue weighted by Crippen LogP contribution is -2.14. The van der Waals surface area contributed by atoms with Gasteiger partial charge in [-0.3, -0.25) is 4.79 Å². The Kier molecular flexibility index (Phi) is 4.94. The lowest BCUT2D eigenvalue weighted by Gasteiger charge is -2.07. The number of ether oxygens (including phenoxy) is 2. The number of amides is 1. The molecule has 0 bridgehead atoms. The molecule has 7 heteroatoms. The van der Waals surface area contributed by atoms with Crippen molar-refractivity contribution in [3.8, 4) is 11.6 Å². The van der Waals surface area contributed by atoms with E-state index in [1.165, 1.54) is 7.11 Å². The third-order valence-electron chi connectivity index (χ3n) is 2.57. The van der Waals surface area contributed by atoms with Gasteiger partial charge in [0.05, 0.1) is 18.7 Å². The summed E-state index contributed by atoms with van der Waals surface area (Å²) in [6.07, 6.45) is 0. The standard InChI is InChI=1S/C14H14ClN3O3/c1-3-21-13-7-5-11(17-18-13)14(19)16-9-4-6-12(20-2)10(15)8-9/h4-8H,3H2,1-2H3,(H,16,19). The molecule has 1 N–H and O–H groups in total.